The maximum absolute atomic E-state index is 4.35. The number of hydrogen-bond acceptors (Lipinski definition) is 2. The molecule has 1 aromatic heterocycles. The Balaban J connectivity index is 2.82. The van der Waals surface area contributed by atoms with Crippen molar-refractivity contribution >= 4 is 15.9 Å². The fourth-order valence-electron chi connectivity index (χ4n) is 1.76. The van der Waals surface area contributed by atoms with Crippen LogP contribution in [0.2, 0.25) is 0 Å². The van der Waals surface area contributed by atoms with E-state index >= 15 is 0 Å². The van der Waals surface area contributed by atoms with E-state index in [1.54, 1.807) is 6.33 Å². The van der Waals surface area contributed by atoms with Gasteiger partial charge in [0.15, 0.2) is 0 Å². The van der Waals surface area contributed by atoms with Gasteiger partial charge >= 0.3 is 0 Å². The molecule has 0 fully saturated rings. The quantitative estimate of drug-likeness (QED) is 0.746. The molecule has 0 aliphatic carbocycles. The van der Waals surface area contributed by atoms with E-state index < -0.39 is 0 Å². The Kier molecular flexibility index (Phi) is 4.77. The molecule has 0 radical (unpaired) electrons. The van der Waals surface area contributed by atoms with Crippen molar-refractivity contribution in [1.82, 2.24) is 14.8 Å². The molecule has 4 heteroatoms. The standard InChI is InChI=1S/C11H20BrN3/c1-4-11(5-2,8-12)7-10-13-9-14-15(10)6-3/h9H,4-8H2,1-3H3. The van der Waals surface area contributed by atoms with Crippen LogP contribution in [0.5, 0.6) is 0 Å². The number of aryl methyl sites for hydroxylation is 1. The van der Waals surface area contributed by atoms with E-state index in [-0.39, 0.29) is 0 Å². The van der Waals surface area contributed by atoms with E-state index in [0.717, 1.165) is 24.1 Å². The van der Waals surface area contributed by atoms with Gasteiger partial charge in [-0.05, 0) is 25.2 Å². The summed E-state index contributed by atoms with van der Waals surface area (Å²) in [5.74, 6) is 1.11. The monoisotopic (exact) mass is 273 g/mol. The molecule has 0 saturated carbocycles. The zero-order chi connectivity index (χ0) is 11.3. The summed E-state index contributed by atoms with van der Waals surface area (Å²) in [6.07, 6.45) is 5.01. The summed E-state index contributed by atoms with van der Waals surface area (Å²) in [6.45, 7) is 7.50. The third-order valence-corrected chi connectivity index (χ3v) is 4.50. The lowest BCUT2D eigenvalue weighted by molar-refractivity contribution is 0.294. The summed E-state index contributed by atoms with van der Waals surface area (Å²) >= 11 is 3.63. The second-order valence-corrected chi connectivity index (χ2v) is 4.57. The summed E-state index contributed by atoms with van der Waals surface area (Å²) in [6, 6.07) is 0. The summed E-state index contributed by atoms with van der Waals surface area (Å²) in [5, 5.41) is 5.24. The van der Waals surface area contributed by atoms with Crippen molar-refractivity contribution in [3.05, 3.63) is 12.2 Å². The first-order valence-electron chi connectivity index (χ1n) is 5.64. The van der Waals surface area contributed by atoms with Gasteiger partial charge in [-0.25, -0.2) is 4.98 Å². The third-order valence-electron chi connectivity index (χ3n) is 3.31. The van der Waals surface area contributed by atoms with Crippen molar-refractivity contribution in [3.8, 4) is 0 Å². The van der Waals surface area contributed by atoms with Crippen molar-refractivity contribution < 1.29 is 0 Å². The first-order chi connectivity index (χ1) is 7.21. The third kappa shape index (κ3) is 2.80. The van der Waals surface area contributed by atoms with Gasteiger partial charge in [0.2, 0.25) is 0 Å². The van der Waals surface area contributed by atoms with Crippen molar-refractivity contribution in [3.63, 3.8) is 0 Å². The van der Waals surface area contributed by atoms with E-state index in [2.05, 4.69) is 46.8 Å². The largest absolute Gasteiger partial charge is 0.250 e. The molecule has 0 spiro atoms. The van der Waals surface area contributed by atoms with Gasteiger partial charge in [0.1, 0.15) is 12.2 Å². The van der Waals surface area contributed by atoms with Crippen molar-refractivity contribution in [2.75, 3.05) is 5.33 Å². The molecule has 0 aromatic carbocycles. The van der Waals surface area contributed by atoms with Crippen molar-refractivity contribution in [2.45, 2.75) is 46.6 Å². The van der Waals surface area contributed by atoms with Gasteiger partial charge in [-0.1, -0.05) is 29.8 Å². The summed E-state index contributed by atoms with van der Waals surface area (Å²) in [4.78, 5) is 4.35. The van der Waals surface area contributed by atoms with E-state index in [9.17, 15) is 0 Å². The maximum Gasteiger partial charge on any atom is 0.138 e. The normalized spacial score (nSPS) is 12.0. The van der Waals surface area contributed by atoms with E-state index in [1.807, 2.05) is 4.68 Å². The lowest BCUT2D eigenvalue weighted by Gasteiger charge is -2.28. The molecule has 0 N–H and O–H groups in total. The van der Waals surface area contributed by atoms with Crippen LogP contribution in [0.3, 0.4) is 0 Å². The predicted octanol–water partition coefficient (Wildman–Crippen LogP) is 3.04. The van der Waals surface area contributed by atoms with Gasteiger partial charge < -0.3 is 0 Å². The average molecular weight is 274 g/mol. The highest BCUT2D eigenvalue weighted by molar-refractivity contribution is 9.09. The molecule has 0 amide bonds. The summed E-state index contributed by atoms with van der Waals surface area (Å²) in [7, 11) is 0. The SMILES string of the molecule is CCn1ncnc1CC(CC)(CC)CBr. The van der Waals surface area contributed by atoms with Crippen LogP contribution >= 0.6 is 15.9 Å². The van der Waals surface area contributed by atoms with Gasteiger partial charge in [0.25, 0.3) is 0 Å². The molecule has 0 saturated heterocycles. The number of nitrogens with zero attached hydrogens (tertiary/aromatic N) is 3. The molecule has 15 heavy (non-hydrogen) atoms. The first kappa shape index (κ1) is 12.7. The number of aromatic nitrogens is 3. The van der Waals surface area contributed by atoms with Gasteiger partial charge in [-0.15, -0.1) is 0 Å². The summed E-state index contributed by atoms with van der Waals surface area (Å²) < 4.78 is 1.99. The molecule has 0 bridgehead atoms. The highest BCUT2D eigenvalue weighted by Crippen LogP contribution is 2.32. The topological polar surface area (TPSA) is 30.7 Å². The van der Waals surface area contributed by atoms with Crippen LogP contribution in [-0.2, 0) is 13.0 Å². The van der Waals surface area contributed by atoms with Gasteiger partial charge in [-0.3, -0.25) is 4.68 Å². The molecule has 1 rings (SSSR count). The molecule has 1 heterocycles. The second-order valence-electron chi connectivity index (χ2n) is 4.01. The minimum atomic E-state index is 0.333. The van der Waals surface area contributed by atoms with Crippen LogP contribution < -0.4 is 0 Å². The van der Waals surface area contributed by atoms with E-state index in [4.69, 9.17) is 0 Å². The van der Waals surface area contributed by atoms with Crippen LogP contribution in [0.1, 0.15) is 39.4 Å². The Morgan fingerprint density at radius 2 is 2.00 bits per heavy atom. The zero-order valence-electron chi connectivity index (χ0n) is 9.83. The lowest BCUT2D eigenvalue weighted by Crippen LogP contribution is -2.26. The Morgan fingerprint density at radius 1 is 1.33 bits per heavy atom. The van der Waals surface area contributed by atoms with Crippen LogP contribution in [0, 0.1) is 5.41 Å². The Labute approximate surface area is 100 Å². The van der Waals surface area contributed by atoms with Crippen LogP contribution in [0.25, 0.3) is 0 Å². The molecule has 86 valence electrons. The molecule has 0 aliphatic heterocycles. The van der Waals surface area contributed by atoms with E-state index in [1.165, 1.54) is 12.8 Å². The van der Waals surface area contributed by atoms with Gasteiger partial charge in [0.05, 0.1) is 0 Å². The molecule has 0 unspecified atom stereocenters. The highest BCUT2D eigenvalue weighted by atomic mass is 79.9. The summed E-state index contributed by atoms with van der Waals surface area (Å²) in [5.41, 5.74) is 0.333. The highest BCUT2D eigenvalue weighted by Gasteiger charge is 2.27. The molecular formula is C11H20BrN3. The molecular weight excluding hydrogens is 254 g/mol. The molecule has 3 nitrogen and oxygen atoms in total. The van der Waals surface area contributed by atoms with Crippen LogP contribution in [0.4, 0.5) is 0 Å². The van der Waals surface area contributed by atoms with Gasteiger partial charge in [-0.2, -0.15) is 5.10 Å². The van der Waals surface area contributed by atoms with Crippen LogP contribution in [-0.4, -0.2) is 20.1 Å². The Morgan fingerprint density at radius 3 is 2.47 bits per heavy atom. The Bertz CT molecular complexity index is 284. The fourth-order valence-corrected chi connectivity index (χ4v) is 2.75. The average Bonchev–Trinajstić information content (AvgIpc) is 2.73. The first-order valence-corrected chi connectivity index (χ1v) is 6.76. The minimum absolute atomic E-state index is 0.333. The van der Waals surface area contributed by atoms with Crippen LogP contribution in [0.15, 0.2) is 6.33 Å². The smallest absolute Gasteiger partial charge is 0.138 e. The maximum atomic E-state index is 4.35. The number of hydrogen-bond donors (Lipinski definition) is 0. The molecule has 1 aromatic rings. The lowest BCUT2D eigenvalue weighted by atomic mass is 9.81. The van der Waals surface area contributed by atoms with Gasteiger partial charge in [0, 0.05) is 18.3 Å². The zero-order valence-corrected chi connectivity index (χ0v) is 11.4. The number of halogens is 1. The minimum Gasteiger partial charge on any atom is -0.250 e. The predicted molar refractivity (Wildman–Crippen MR) is 66.2 cm³/mol. The number of rotatable bonds is 6. The number of alkyl halides is 1. The Hall–Kier alpha value is -0.380. The fraction of sp³-hybridized carbons (Fsp3) is 0.818. The van der Waals surface area contributed by atoms with Crippen molar-refractivity contribution in [1.29, 1.82) is 0 Å². The molecule has 0 aliphatic rings. The van der Waals surface area contributed by atoms with E-state index in [0.29, 0.717) is 5.41 Å². The second kappa shape index (κ2) is 5.64. The van der Waals surface area contributed by atoms with Crippen molar-refractivity contribution in [2.24, 2.45) is 5.41 Å². The molecule has 0 atom stereocenters.